The quantitative estimate of drug-likeness (QED) is 0.786. The molecule has 3 heteroatoms. The van der Waals surface area contributed by atoms with Crippen molar-refractivity contribution in [2.45, 2.75) is 25.5 Å². The maximum atomic E-state index is 9.58. The average Bonchev–Trinajstić information content (AvgIpc) is 2.73. The molecule has 0 saturated heterocycles. The van der Waals surface area contributed by atoms with Crippen LogP contribution < -0.4 is 0 Å². The molecule has 2 heterocycles. The van der Waals surface area contributed by atoms with Gasteiger partial charge in [-0.2, -0.15) is 0 Å². The Labute approximate surface area is 94.4 Å². The number of rotatable bonds is 1. The zero-order valence-electron chi connectivity index (χ0n) is 9.00. The fourth-order valence-electron chi connectivity index (χ4n) is 2.26. The predicted octanol–water partition coefficient (Wildman–Crippen LogP) is 1.86. The molecule has 1 aromatic heterocycles. The van der Waals surface area contributed by atoms with Crippen molar-refractivity contribution in [1.82, 2.24) is 9.55 Å². The molecule has 0 bridgehead atoms. The molecule has 3 nitrogen and oxygen atoms in total. The summed E-state index contributed by atoms with van der Waals surface area (Å²) in [5, 5.41) is 9.58. The van der Waals surface area contributed by atoms with Crippen LogP contribution in [0.25, 0.3) is 11.3 Å². The zero-order valence-corrected chi connectivity index (χ0v) is 9.00. The number of hydrogen-bond donors (Lipinski definition) is 1. The summed E-state index contributed by atoms with van der Waals surface area (Å²) < 4.78 is 2.21. The van der Waals surface area contributed by atoms with Crippen LogP contribution >= 0.6 is 0 Å². The summed E-state index contributed by atoms with van der Waals surface area (Å²) in [6, 6.07) is 10.3. The number of imidazole rings is 1. The summed E-state index contributed by atoms with van der Waals surface area (Å²) in [6.07, 6.45) is 3.18. The minimum absolute atomic E-state index is 0.224. The molecule has 0 amide bonds. The number of aliphatic hydroxyl groups excluding tert-OH is 1. The summed E-state index contributed by atoms with van der Waals surface area (Å²) in [7, 11) is 0. The Morgan fingerprint density at radius 2 is 2.06 bits per heavy atom. The number of benzene rings is 1. The molecule has 2 aromatic rings. The van der Waals surface area contributed by atoms with Gasteiger partial charge in [-0.1, -0.05) is 30.3 Å². The van der Waals surface area contributed by atoms with Crippen LogP contribution in [0.5, 0.6) is 0 Å². The smallest absolute Gasteiger partial charge is 0.111 e. The van der Waals surface area contributed by atoms with E-state index in [4.69, 9.17) is 0 Å². The number of nitrogens with zero attached hydrogens (tertiary/aromatic N) is 2. The first-order chi connectivity index (χ1) is 7.84. The van der Waals surface area contributed by atoms with Gasteiger partial charge in [-0.05, 0) is 12.0 Å². The van der Waals surface area contributed by atoms with E-state index in [0.717, 1.165) is 24.5 Å². The van der Waals surface area contributed by atoms with Gasteiger partial charge in [-0.3, -0.25) is 0 Å². The number of fused-ring (bicyclic) bond motifs is 1. The Morgan fingerprint density at radius 1 is 1.25 bits per heavy atom. The number of hydrogen-bond acceptors (Lipinski definition) is 2. The van der Waals surface area contributed by atoms with Gasteiger partial charge in [0, 0.05) is 13.0 Å². The summed E-state index contributed by atoms with van der Waals surface area (Å²) in [4.78, 5) is 4.39. The van der Waals surface area contributed by atoms with Crippen molar-refractivity contribution in [3.63, 3.8) is 0 Å². The maximum absolute atomic E-state index is 9.58. The third kappa shape index (κ3) is 1.53. The van der Waals surface area contributed by atoms with Crippen molar-refractivity contribution in [3.8, 4) is 11.3 Å². The van der Waals surface area contributed by atoms with E-state index < -0.39 is 0 Å². The molecule has 0 saturated carbocycles. The van der Waals surface area contributed by atoms with Crippen LogP contribution in [0.2, 0.25) is 0 Å². The van der Waals surface area contributed by atoms with Crippen molar-refractivity contribution < 1.29 is 5.11 Å². The predicted molar refractivity (Wildman–Crippen MR) is 62.0 cm³/mol. The Kier molecular flexibility index (Phi) is 2.26. The largest absolute Gasteiger partial charge is 0.393 e. The molecule has 1 atom stereocenters. The summed E-state index contributed by atoms with van der Waals surface area (Å²) in [5.74, 6) is 0.998. The maximum Gasteiger partial charge on any atom is 0.111 e. The molecule has 16 heavy (non-hydrogen) atoms. The summed E-state index contributed by atoms with van der Waals surface area (Å²) >= 11 is 0. The third-order valence-corrected chi connectivity index (χ3v) is 3.11. The molecule has 0 fully saturated rings. The lowest BCUT2D eigenvalue weighted by Gasteiger charge is -2.20. The van der Waals surface area contributed by atoms with Gasteiger partial charge in [-0.25, -0.2) is 4.98 Å². The molecular weight excluding hydrogens is 200 g/mol. The molecule has 1 aliphatic heterocycles. The molecule has 1 unspecified atom stereocenters. The lowest BCUT2D eigenvalue weighted by Crippen LogP contribution is -2.23. The first-order valence-corrected chi connectivity index (χ1v) is 5.62. The van der Waals surface area contributed by atoms with E-state index in [-0.39, 0.29) is 6.10 Å². The van der Waals surface area contributed by atoms with E-state index in [9.17, 15) is 5.11 Å². The van der Waals surface area contributed by atoms with E-state index in [1.165, 1.54) is 5.56 Å². The van der Waals surface area contributed by atoms with Gasteiger partial charge in [0.25, 0.3) is 0 Å². The Bertz CT molecular complexity index is 490. The fourth-order valence-corrected chi connectivity index (χ4v) is 2.26. The first kappa shape index (κ1) is 9.60. The van der Waals surface area contributed by atoms with Gasteiger partial charge < -0.3 is 9.67 Å². The first-order valence-electron chi connectivity index (χ1n) is 5.62. The van der Waals surface area contributed by atoms with Crippen molar-refractivity contribution in [1.29, 1.82) is 0 Å². The molecule has 0 aliphatic carbocycles. The highest BCUT2D eigenvalue weighted by molar-refractivity contribution is 5.59. The van der Waals surface area contributed by atoms with Crippen LogP contribution in [0.4, 0.5) is 0 Å². The highest BCUT2D eigenvalue weighted by Gasteiger charge is 2.20. The topological polar surface area (TPSA) is 38.0 Å². The second-order valence-electron chi connectivity index (χ2n) is 4.22. The molecular formula is C13H14N2O. The van der Waals surface area contributed by atoms with Gasteiger partial charge in [0.2, 0.25) is 0 Å². The van der Waals surface area contributed by atoms with Gasteiger partial charge in [0.15, 0.2) is 0 Å². The second kappa shape index (κ2) is 3.76. The molecule has 1 N–H and O–H groups in total. The zero-order chi connectivity index (χ0) is 11.0. The lowest BCUT2D eigenvalue weighted by atomic mass is 10.1. The second-order valence-corrected chi connectivity index (χ2v) is 4.22. The highest BCUT2D eigenvalue weighted by atomic mass is 16.3. The van der Waals surface area contributed by atoms with Crippen molar-refractivity contribution in [2.24, 2.45) is 0 Å². The number of aliphatic hydroxyl groups is 1. The Balaban J connectivity index is 2.04. The molecule has 0 spiro atoms. The van der Waals surface area contributed by atoms with Gasteiger partial charge in [0.05, 0.1) is 18.0 Å². The van der Waals surface area contributed by atoms with E-state index in [0.29, 0.717) is 6.42 Å². The Hall–Kier alpha value is -1.61. The van der Waals surface area contributed by atoms with Crippen LogP contribution in [-0.2, 0) is 13.0 Å². The third-order valence-electron chi connectivity index (χ3n) is 3.11. The van der Waals surface area contributed by atoms with E-state index in [2.05, 4.69) is 21.7 Å². The molecule has 1 aromatic carbocycles. The average molecular weight is 214 g/mol. The van der Waals surface area contributed by atoms with Crippen LogP contribution in [-0.4, -0.2) is 20.8 Å². The van der Waals surface area contributed by atoms with Crippen LogP contribution in [0, 0.1) is 0 Å². The monoisotopic (exact) mass is 214 g/mol. The molecule has 82 valence electrons. The minimum Gasteiger partial charge on any atom is -0.393 e. The lowest BCUT2D eigenvalue weighted by molar-refractivity contribution is 0.142. The van der Waals surface area contributed by atoms with E-state index in [1.807, 2.05) is 24.4 Å². The Morgan fingerprint density at radius 3 is 2.88 bits per heavy atom. The number of aromatic nitrogens is 2. The minimum atomic E-state index is -0.224. The molecule has 0 radical (unpaired) electrons. The fraction of sp³-hybridized carbons (Fsp3) is 0.308. The standard InChI is InChI=1S/C13H14N2O/c16-11-6-7-15-12(9-14-13(15)8-11)10-4-2-1-3-5-10/h1-5,9,11,16H,6-8H2. The molecule has 3 rings (SSSR count). The van der Waals surface area contributed by atoms with Crippen molar-refractivity contribution in [3.05, 3.63) is 42.4 Å². The van der Waals surface area contributed by atoms with E-state index >= 15 is 0 Å². The molecule has 1 aliphatic rings. The van der Waals surface area contributed by atoms with Gasteiger partial charge in [-0.15, -0.1) is 0 Å². The highest BCUT2D eigenvalue weighted by Crippen LogP contribution is 2.24. The van der Waals surface area contributed by atoms with Crippen LogP contribution in [0.15, 0.2) is 36.5 Å². The van der Waals surface area contributed by atoms with Crippen molar-refractivity contribution >= 4 is 0 Å². The van der Waals surface area contributed by atoms with Crippen molar-refractivity contribution in [2.75, 3.05) is 0 Å². The van der Waals surface area contributed by atoms with Gasteiger partial charge >= 0.3 is 0 Å². The van der Waals surface area contributed by atoms with Crippen LogP contribution in [0.1, 0.15) is 12.2 Å². The summed E-state index contributed by atoms with van der Waals surface area (Å²) in [6.45, 7) is 0.862. The van der Waals surface area contributed by atoms with Crippen LogP contribution in [0.3, 0.4) is 0 Å². The van der Waals surface area contributed by atoms with Gasteiger partial charge in [0.1, 0.15) is 5.82 Å². The summed E-state index contributed by atoms with van der Waals surface area (Å²) in [5.41, 5.74) is 2.35. The van der Waals surface area contributed by atoms with E-state index in [1.54, 1.807) is 0 Å². The SMILES string of the molecule is OC1CCn2c(-c3ccccc3)cnc2C1. The normalized spacial score (nSPS) is 19.4.